The average Bonchev–Trinajstić information content (AvgIpc) is 2.71. The lowest BCUT2D eigenvalue weighted by molar-refractivity contribution is 0.0944. The maximum absolute atomic E-state index is 12.1. The molecule has 1 fully saturated rings. The summed E-state index contributed by atoms with van der Waals surface area (Å²) in [6.45, 7) is 2.25. The Hall–Kier alpha value is -0.320. The molecule has 2 aliphatic heterocycles. The zero-order valence-corrected chi connectivity index (χ0v) is 11.0. The highest BCUT2D eigenvalue weighted by Crippen LogP contribution is 2.50. The van der Waals surface area contributed by atoms with Gasteiger partial charge in [0.2, 0.25) is 0 Å². The molecule has 1 aromatic heterocycles. The maximum atomic E-state index is 12.1. The van der Waals surface area contributed by atoms with Gasteiger partial charge >= 0.3 is 0 Å². The first kappa shape index (κ1) is 10.8. The standard InChI is InChI=1S/C12H15NOS2/c1-13-5-3-12(4-6-13)8-10(14)9-2-7-15-11(9)16-12/h2,7H,3-6,8H2,1H3. The number of fused-ring (bicyclic) bond motifs is 1. The first-order chi connectivity index (χ1) is 7.69. The zero-order valence-electron chi connectivity index (χ0n) is 9.36. The second-order valence-corrected chi connectivity index (χ2v) is 7.46. The van der Waals surface area contributed by atoms with E-state index in [0.29, 0.717) is 5.78 Å². The van der Waals surface area contributed by atoms with Crippen molar-refractivity contribution in [1.82, 2.24) is 4.90 Å². The van der Waals surface area contributed by atoms with E-state index in [1.807, 2.05) is 23.2 Å². The second kappa shape index (κ2) is 3.86. The molecule has 1 saturated heterocycles. The number of carbonyl (C=O) groups is 1. The summed E-state index contributed by atoms with van der Waals surface area (Å²) in [5, 5.41) is 2.05. The molecule has 0 N–H and O–H groups in total. The van der Waals surface area contributed by atoms with Gasteiger partial charge in [-0.05, 0) is 44.4 Å². The molecular weight excluding hydrogens is 238 g/mol. The highest BCUT2D eigenvalue weighted by Gasteiger charge is 2.41. The molecular formula is C12H15NOS2. The fourth-order valence-corrected chi connectivity index (χ4v) is 5.31. The van der Waals surface area contributed by atoms with Crippen molar-refractivity contribution < 1.29 is 4.79 Å². The molecule has 3 heterocycles. The van der Waals surface area contributed by atoms with Gasteiger partial charge in [0, 0.05) is 16.7 Å². The Bertz CT molecular complexity index is 418. The van der Waals surface area contributed by atoms with Crippen LogP contribution in [0.1, 0.15) is 29.6 Å². The van der Waals surface area contributed by atoms with Gasteiger partial charge in [0.1, 0.15) is 0 Å². The fourth-order valence-electron chi connectivity index (χ4n) is 2.51. The fraction of sp³-hybridized carbons (Fsp3) is 0.583. The van der Waals surface area contributed by atoms with Gasteiger partial charge in [-0.25, -0.2) is 0 Å². The van der Waals surface area contributed by atoms with E-state index in [9.17, 15) is 4.79 Å². The maximum Gasteiger partial charge on any atom is 0.166 e. The minimum atomic E-state index is 0.210. The van der Waals surface area contributed by atoms with Gasteiger partial charge in [0.15, 0.2) is 5.78 Å². The monoisotopic (exact) mass is 253 g/mol. The van der Waals surface area contributed by atoms with Crippen molar-refractivity contribution in [2.45, 2.75) is 28.2 Å². The van der Waals surface area contributed by atoms with E-state index in [1.165, 1.54) is 4.21 Å². The van der Waals surface area contributed by atoms with Crippen LogP contribution in [0, 0.1) is 0 Å². The quantitative estimate of drug-likeness (QED) is 0.709. The second-order valence-electron chi connectivity index (χ2n) is 4.81. The highest BCUT2D eigenvalue weighted by molar-refractivity contribution is 8.02. The summed E-state index contributed by atoms with van der Waals surface area (Å²) in [6.07, 6.45) is 3.05. The van der Waals surface area contributed by atoms with Crippen LogP contribution in [0.4, 0.5) is 0 Å². The van der Waals surface area contributed by atoms with Gasteiger partial charge in [-0.15, -0.1) is 23.1 Å². The van der Waals surface area contributed by atoms with Crippen molar-refractivity contribution in [1.29, 1.82) is 0 Å². The van der Waals surface area contributed by atoms with Crippen molar-refractivity contribution >= 4 is 28.9 Å². The average molecular weight is 253 g/mol. The largest absolute Gasteiger partial charge is 0.306 e. The van der Waals surface area contributed by atoms with E-state index in [1.54, 1.807) is 11.3 Å². The first-order valence-corrected chi connectivity index (χ1v) is 7.36. The van der Waals surface area contributed by atoms with Crippen LogP contribution in [0.3, 0.4) is 0 Å². The molecule has 0 amide bonds. The molecule has 0 unspecified atom stereocenters. The van der Waals surface area contributed by atoms with E-state index in [4.69, 9.17) is 0 Å². The Morgan fingerprint density at radius 1 is 1.38 bits per heavy atom. The van der Waals surface area contributed by atoms with Crippen molar-refractivity contribution in [3.63, 3.8) is 0 Å². The number of nitrogens with zero attached hydrogens (tertiary/aromatic N) is 1. The van der Waals surface area contributed by atoms with Gasteiger partial charge in [0.25, 0.3) is 0 Å². The van der Waals surface area contributed by atoms with Crippen LogP contribution in [-0.4, -0.2) is 35.6 Å². The Kier molecular flexibility index (Phi) is 2.61. The molecule has 2 nitrogen and oxygen atoms in total. The predicted octanol–water partition coefficient (Wildman–Crippen LogP) is 2.89. The molecule has 16 heavy (non-hydrogen) atoms. The Labute approximate surface area is 104 Å². The van der Waals surface area contributed by atoms with Gasteiger partial charge in [0.05, 0.1) is 4.21 Å². The Morgan fingerprint density at radius 2 is 2.12 bits per heavy atom. The molecule has 0 radical (unpaired) electrons. The molecule has 3 rings (SSSR count). The topological polar surface area (TPSA) is 20.3 Å². The van der Waals surface area contributed by atoms with Crippen LogP contribution < -0.4 is 0 Å². The third-order valence-corrected chi connectivity index (χ3v) is 6.26. The van der Waals surface area contributed by atoms with Crippen molar-refractivity contribution in [3.05, 3.63) is 17.0 Å². The van der Waals surface area contributed by atoms with Gasteiger partial charge in [-0.1, -0.05) is 0 Å². The molecule has 0 aliphatic carbocycles. The molecule has 0 saturated carbocycles. The highest BCUT2D eigenvalue weighted by atomic mass is 32.2. The molecule has 0 aromatic carbocycles. The molecule has 86 valence electrons. The van der Waals surface area contributed by atoms with Crippen LogP contribution in [0.2, 0.25) is 0 Å². The number of thiophene rings is 1. The molecule has 2 aliphatic rings. The number of hydrogen-bond donors (Lipinski definition) is 0. The van der Waals surface area contributed by atoms with Crippen LogP contribution >= 0.6 is 23.1 Å². The summed E-state index contributed by atoms with van der Waals surface area (Å²) in [7, 11) is 2.17. The lowest BCUT2D eigenvalue weighted by Crippen LogP contribution is -2.43. The SMILES string of the molecule is CN1CCC2(CC1)CC(=O)c1ccsc1S2. The predicted molar refractivity (Wildman–Crippen MR) is 68.6 cm³/mol. The Morgan fingerprint density at radius 3 is 2.88 bits per heavy atom. The van der Waals surface area contributed by atoms with E-state index >= 15 is 0 Å². The summed E-state index contributed by atoms with van der Waals surface area (Å²) in [4.78, 5) is 14.4. The number of hydrogen-bond acceptors (Lipinski definition) is 4. The smallest absolute Gasteiger partial charge is 0.166 e. The van der Waals surface area contributed by atoms with E-state index in [2.05, 4.69) is 11.9 Å². The number of likely N-dealkylation sites (tertiary alicyclic amines) is 1. The van der Waals surface area contributed by atoms with Crippen molar-refractivity contribution in [2.75, 3.05) is 20.1 Å². The molecule has 0 atom stereocenters. The third kappa shape index (κ3) is 1.73. The molecule has 1 spiro atoms. The van der Waals surface area contributed by atoms with Crippen LogP contribution in [0.5, 0.6) is 0 Å². The van der Waals surface area contributed by atoms with E-state index in [-0.39, 0.29) is 4.75 Å². The van der Waals surface area contributed by atoms with Crippen molar-refractivity contribution in [2.24, 2.45) is 0 Å². The molecule has 0 bridgehead atoms. The third-order valence-electron chi connectivity index (χ3n) is 3.62. The van der Waals surface area contributed by atoms with E-state index in [0.717, 1.165) is 37.9 Å². The lowest BCUT2D eigenvalue weighted by atomic mass is 9.89. The van der Waals surface area contributed by atoms with Gasteiger partial charge in [-0.2, -0.15) is 0 Å². The van der Waals surface area contributed by atoms with E-state index < -0.39 is 0 Å². The van der Waals surface area contributed by atoms with Crippen LogP contribution in [0.15, 0.2) is 15.7 Å². The first-order valence-electron chi connectivity index (χ1n) is 5.67. The number of ketones is 1. The Balaban J connectivity index is 1.88. The summed E-state index contributed by atoms with van der Waals surface area (Å²) >= 11 is 3.69. The lowest BCUT2D eigenvalue weighted by Gasteiger charge is -2.41. The number of rotatable bonds is 0. The van der Waals surface area contributed by atoms with Gasteiger partial charge < -0.3 is 4.90 Å². The summed E-state index contributed by atoms with van der Waals surface area (Å²) in [5.41, 5.74) is 0.972. The molecule has 4 heteroatoms. The summed E-state index contributed by atoms with van der Waals surface area (Å²) in [5.74, 6) is 0.361. The van der Waals surface area contributed by atoms with Crippen LogP contribution in [-0.2, 0) is 0 Å². The van der Waals surface area contributed by atoms with Gasteiger partial charge in [-0.3, -0.25) is 4.79 Å². The summed E-state index contributed by atoms with van der Waals surface area (Å²) < 4.78 is 1.46. The number of thioether (sulfide) groups is 1. The number of Topliss-reactive ketones (excluding diaryl/α,β-unsaturated/α-hetero) is 1. The minimum Gasteiger partial charge on any atom is -0.306 e. The summed E-state index contributed by atoms with van der Waals surface area (Å²) in [6, 6.07) is 1.98. The van der Waals surface area contributed by atoms with Crippen molar-refractivity contribution in [3.8, 4) is 0 Å². The normalized spacial score (nSPS) is 24.7. The zero-order chi connectivity index (χ0) is 11.2. The minimum absolute atomic E-state index is 0.210. The van der Waals surface area contributed by atoms with Crippen LogP contribution in [0.25, 0.3) is 0 Å². The number of piperidine rings is 1. The number of carbonyl (C=O) groups excluding carboxylic acids is 1. The molecule has 1 aromatic rings.